The molecule has 1 unspecified atom stereocenters. The number of anilines is 1. The first-order chi connectivity index (χ1) is 9.38. The predicted molar refractivity (Wildman–Crippen MR) is 72.7 cm³/mol. The Labute approximate surface area is 116 Å². The van der Waals surface area contributed by atoms with Gasteiger partial charge in [-0.15, -0.1) is 0 Å². The summed E-state index contributed by atoms with van der Waals surface area (Å²) in [6, 6.07) is 7.00. The van der Waals surface area contributed by atoms with E-state index in [2.05, 4.69) is 10.1 Å². The minimum absolute atomic E-state index is 0.0255. The second-order valence-corrected chi connectivity index (χ2v) is 6.71. The van der Waals surface area contributed by atoms with Crippen molar-refractivity contribution in [1.82, 2.24) is 10.1 Å². The molecule has 0 saturated carbocycles. The van der Waals surface area contributed by atoms with E-state index in [1.54, 1.807) is 24.3 Å². The number of sulfone groups is 1. The van der Waals surface area contributed by atoms with Gasteiger partial charge in [0.25, 0.3) is 5.89 Å². The summed E-state index contributed by atoms with van der Waals surface area (Å²) in [7, 11) is -3.26. The van der Waals surface area contributed by atoms with Gasteiger partial charge in [-0.05, 0) is 19.1 Å². The van der Waals surface area contributed by atoms with E-state index < -0.39 is 15.1 Å². The number of hydrogen-bond donors (Lipinski definition) is 1. The fourth-order valence-electron chi connectivity index (χ4n) is 1.43. The quantitative estimate of drug-likeness (QED) is 0.829. The van der Waals surface area contributed by atoms with Crippen molar-refractivity contribution in [3.8, 4) is 5.75 Å². The summed E-state index contributed by atoms with van der Waals surface area (Å²) < 4.78 is 33.2. The van der Waals surface area contributed by atoms with Gasteiger partial charge in [0.15, 0.2) is 22.3 Å². The number of nitrogens with zero attached hydrogens (tertiary/aromatic N) is 2. The number of rotatable bonds is 5. The van der Waals surface area contributed by atoms with Crippen LogP contribution in [0.4, 0.5) is 5.69 Å². The lowest BCUT2D eigenvalue weighted by molar-refractivity contribution is 0.243. The third-order valence-electron chi connectivity index (χ3n) is 2.76. The van der Waals surface area contributed by atoms with Gasteiger partial charge in [0.2, 0.25) is 0 Å². The number of nitrogens with two attached hydrogens (primary N) is 1. The molecule has 1 atom stereocenters. The molecule has 2 N–H and O–H groups in total. The summed E-state index contributed by atoms with van der Waals surface area (Å²) in [5.74, 6) is 0.814. The van der Waals surface area contributed by atoms with Crippen LogP contribution in [-0.4, -0.2) is 24.8 Å². The molecule has 0 aliphatic rings. The molecule has 108 valence electrons. The molecular weight excluding hydrogens is 282 g/mol. The maximum Gasteiger partial charge on any atom is 0.264 e. The average Bonchev–Trinajstić information content (AvgIpc) is 2.84. The van der Waals surface area contributed by atoms with Crippen LogP contribution in [-0.2, 0) is 16.4 Å². The molecule has 0 amide bonds. The van der Waals surface area contributed by atoms with E-state index >= 15 is 0 Å². The van der Waals surface area contributed by atoms with Crippen molar-refractivity contribution in [1.29, 1.82) is 0 Å². The molecule has 0 aliphatic heterocycles. The summed E-state index contributed by atoms with van der Waals surface area (Å²) in [6.07, 6.45) is 1.12. The van der Waals surface area contributed by atoms with Crippen LogP contribution >= 0.6 is 0 Å². The van der Waals surface area contributed by atoms with Gasteiger partial charge in [-0.1, -0.05) is 17.3 Å². The Morgan fingerprint density at radius 3 is 2.75 bits per heavy atom. The second-order valence-electron chi connectivity index (χ2n) is 4.34. The van der Waals surface area contributed by atoms with E-state index in [0.29, 0.717) is 11.4 Å². The zero-order valence-corrected chi connectivity index (χ0v) is 11.9. The van der Waals surface area contributed by atoms with Crippen LogP contribution in [0.3, 0.4) is 0 Å². The van der Waals surface area contributed by atoms with Gasteiger partial charge in [-0.25, -0.2) is 8.42 Å². The Morgan fingerprint density at radius 2 is 2.10 bits per heavy atom. The van der Waals surface area contributed by atoms with E-state index in [1.807, 2.05) is 0 Å². The van der Waals surface area contributed by atoms with Gasteiger partial charge < -0.3 is 15.0 Å². The van der Waals surface area contributed by atoms with Crippen LogP contribution < -0.4 is 10.5 Å². The van der Waals surface area contributed by atoms with Crippen LogP contribution in [0.5, 0.6) is 5.75 Å². The molecular formula is C12H15N3O4S. The standard InChI is InChI=1S/C12H15N3O4S/c1-8(20(2,16)17)12-14-11(19-15-12)7-18-10-6-4-3-5-9(10)13/h3-6,8H,7,13H2,1-2H3. The van der Waals surface area contributed by atoms with Crippen molar-refractivity contribution in [2.24, 2.45) is 0 Å². The molecule has 2 rings (SSSR count). The lowest BCUT2D eigenvalue weighted by Crippen LogP contribution is -2.09. The number of aromatic nitrogens is 2. The van der Waals surface area contributed by atoms with Crippen LogP contribution in [0.15, 0.2) is 28.8 Å². The highest BCUT2D eigenvalue weighted by molar-refractivity contribution is 7.90. The molecule has 0 fully saturated rings. The molecule has 1 aromatic carbocycles. The van der Waals surface area contributed by atoms with E-state index in [-0.39, 0.29) is 18.3 Å². The van der Waals surface area contributed by atoms with Crippen molar-refractivity contribution in [2.75, 3.05) is 12.0 Å². The van der Waals surface area contributed by atoms with Crippen LogP contribution in [0.1, 0.15) is 23.9 Å². The van der Waals surface area contributed by atoms with Crippen molar-refractivity contribution in [3.05, 3.63) is 36.0 Å². The van der Waals surface area contributed by atoms with E-state index in [1.165, 1.54) is 6.92 Å². The Balaban J connectivity index is 2.06. The van der Waals surface area contributed by atoms with Gasteiger partial charge >= 0.3 is 0 Å². The zero-order chi connectivity index (χ0) is 14.8. The Bertz CT molecular complexity index is 696. The van der Waals surface area contributed by atoms with Crippen molar-refractivity contribution >= 4 is 15.5 Å². The summed E-state index contributed by atoms with van der Waals surface area (Å²) in [4.78, 5) is 4.00. The van der Waals surface area contributed by atoms with Gasteiger partial charge in [0.1, 0.15) is 11.0 Å². The molecule has 7 nitrogen and oxygen atoms in total. The smallest absolute Gasteiger partial charge is 0.264 e. The fourth-order valence-corrected chi connectivity index (χ4v) is 1.91. The predicted octanol–water partition coefficient (Wildman–Crippen LogP) is 1.34. The van der Waals surface area contributed by atoms with Crippen LogP contribution in [0.25, 0.3) is 0 Å². The molecule has 1 aromatic heterocycles. The maximum atomic E-state index is 11.4. The average molecular weight is 297 g/mol. The highest BCUT2D eigenvalue weighted by Crippen LogP contribution is 2.22. The zero-order valence-electron chi connectivity index (χ0n) is 11.1. The minimum atomic E-state index is -3.26. The van der Waals surface area contributed by atoms with Crippen LogP contribution in [0.2, 0.25) is 0 Å². The molecule has 0 aliphatic carbocycles. The Morgan fingerprint density at radius 1 is 1.40 bits per heavy atom. The van der Waals surface area contributed by atoms with Crippen molar-refractivity contribution in [3.63, 3.8) is 0 Å². The van der Waals surface area contributed by atoms with E-state index in [4.69, 9.17) is 15.0 Å². The number of para-hydroxylation sites is 2. The third kappa shape index (κ3) is 3.27. The van der Waals surface area contributed by atoms with Crippen LogP contribution in [0, 0.1) is 0 Å². The van der Waals surface area contributed by atoms with Gasteiger partial charge in [-0.3, -0.25) is 0 Å². The number of ether oxygens (including phenoxy) is 1. The normalized spacial score (nSPS) is 13.1. The Hall–Kier alpha value is -2.09. The van der Waals surface area contributed by atoms with E-state index in [9.17, 15) is 8.42 Å². The highest BCUT2D eigenvalue weighted by Gasteiger charge is 2.23. The summed E-state index contributed by atoms with van der Waals surface area (Å²) in [5, 5.41) is 2.82. The van der Waals surface area contributed by atoms with Gasteiger partial charge in [-0.2, -0.15) is 4.98 Å². The number of nitrogen functional groups attached to an aromatic ring is 1. The van der Waals surface area contributed by atoms with Crippen molar-refractivity contribution < 1.29 is 17.7 Å². The summed E-state index contributed by atoms with van der Waals surface area (Å²) >= 11 is 0. The lowest BCUT2D eigenvalue weighted by atomic mass is 10.3. The Kier molecular flexibility index (Phi) is 3.93. The lowest BCUT2D eigenvalue weighted by Gasteiger charge is -2.05. The SMILES string of the molecule is CC(c1noc(COc2ccccc2N)n1)S(C)(=O)=O. The van der Waals surface area contributed by atoms with Gasteiger partial charge in [0.05, 0.1) is 5.69 Å². The molecule has 8 heteroatoms. The summed E-state index contributed by atoms with van der Waals surface area (Å²) in [6.45, 7) is 1.53. The first-order valence-corrected chi connectivity index (χ1v) is 7.82. The van der Waals surface area contributed by atoms with Gasteiger partial charge in [0, 0.05) is 6.26 Å². The third-order valence-corrected chi connectivity index (χ3v) is 4.26. The molecule has 0 spiro atoms. The maximum absolute atomic E-state index is 11.4. The molecule has 0 saturated heterocycles. The van der Waals surface area contributed by atoms with E-state index in [0.717, 1.165) is 6.26 Å². The first kappa shape index (κ1) is 14.3. The molecule has 0 bridgehead atoms. The molecule has 0 radical (unpaired) electrons. The molecule has 2 aromatic rings. The fraction of sp³-hybridized carbons (Fsp3) is 0.333. The van der Waals surface area contributed by atoms with Crippen molar-refractivity contribution in [2.45, 2.75) is 18.8 Å². The second kappa shape index (κ2) is 5.49. The molecule has 20 heavy (non-hydrogen) atoms. The highest BCUT2D eigenvalue weighted by atomic mass is 32.2. The molecule has 1 heterocycles. The monoisotopic (exact) mass is 297 g/mol. The topological polar surface area (TPSA) is 108 Å². The first-order valence-electron chi connectivity index (χ1n) is 5.86. The number of hydrogen-bond acceptors (Lipinski definition) is 7. The number of benzene rings is 1. The largest absolute Gasteiger partial charge is 0.482 e. The summed E-state index contributed by atoms with van der Waals surface area (Å²) in [5.41, 5.74) is 6.22. The minimum Gasteiger partial charge on any atom is -0.482 e.